The van der Waals surface area contributed by atoms with E-state index in [1.807, 2.05) is 13.8 Å². The number of rotatable bonds is 3. The molecule has 2 aromatic carbocycles. The standard InChI is InChI=1S/C17H16F4OSi/c1-3-23(4-2)17-11(12(18)13(19)14(20)15(17)21)16(22-23)10-8-6-5-7-9-10/h5-9,16H,3-4H2,1-2H3/t16-/m0/s1. The minimum atomic E-state index is -2.90. The topological polar surface area (TPSA) is 9.23 Å². The van der Waals surface area contributed by atoms with Gasteiger partial charge in [-0.1, -0.05) is 44.2 Å². The Kier molecular flexibility index (Phi) is 4.06. The smallest absolute Gasteiger partial charge is 0.228 e. The third-order valence-electron chi connectivity index (χ3n) is 4.61. The molecule has 1 heterocycles. The first-order valence-electron chi connectivity index (χ1n) is 7.56. The average molecular weight is 340 g/mol. The number of fused-ring (bicyclic) bond motifs is 1. The molecule has 0 bridgehead atoms. The lowest BCUT2D eigenvalue weighted by Crippen LogP contribution is -2.48. The molecule has 1 aliphatic heterocycles. The lowest BCUT2D eigenvalue weighted by Gasteiger charge is -2.25. The summed E-state index contributed by atoms with van der Waals surface area (Å²) in [6.07, 6.45) is -0.901. The molecule has 0 unspecified atom stereocenters. The minimum absolute atomic E-state index is 0.0623. The Morgan fingerprint density at radius 2 is 1.43 bits per heavy atom. The van der Waals surface area contributed by atoms with Crippen LogP contribution in [0.25, 0.3) is 0 Å². The molecule has 0 saturated heterocycles. The van der Waals surface area contributed by atoms with E-state index in [-0.39, 0.29) is 10.8 Å². The van der Waals surface area contributed by atoms with Crippen LogP contribution in [0.5, 0.6) is 0 Å². The Bertz CT molecular complexity index is 744. The summed E-state index contributed by atoms with van der Waals surface area (Å²) in [4.78, 5) is 0. The average Bonchev–Trinajstić information content (AvgIpc) is 2.95. The van der Waals surface area contributed by atoms with E-state index in [2.05, 4.69) is 0 Å². The molecule has 1 aliphatic rings. The zero-order valence-corrected chi connectivity index (χ0v) is 13.8. The van der Waals surface area contributed by atoms with E-state index in [4.69, 9.17) is 4.43 Å². The van der Waals surface area contributed by atoms with Crippen molar-refractivity contribution in [2.24, 2.45) is 0 Å². The van der Waals surface area contributed by atoms with Crippen LogP contribution < -0.4 is 5.19 Å². The van der Waals surface area contributed by atoms with Crippen molar-refractivity contribution < 1.29 is 22.0 Å². The number of hydrogen-bond acceptors (Lipinski definition) is 1. The molecule has 0 amide bonds. The predicted octanol–water partition coefficient (Wildman–Crippen LogP) is 4.55. The van der Waals surface area contributed by atoms with Crippen molar-refractivity contribution in [3.05, 3.63) is 64.7 Å². The van der Waals surface area contributed by atoms with Gasteiger partial charge in [0.15, 0.2) is 23.3 Å². The van der Waals surface area contributed by atoms with Crippen LogP contribution in [0.15, 0.2) is 30.3 Å². The van der Waals surface area contributed by atoms with Gasteiger partial charge in [-0.15, -0.1) is 0 Å². The zero-order chi connectivity index (χ0) is 16.8. The molecule has 0 fully saturated rings. The summed E-state index contributed by atoms with van der Waals surface area (Å²) >= 11 is 0. The summed E-state index contributed by atoms with van der Waals surface area (Å²) < 4.78 is 62.6. The molecule has 122 valence electrons. The summed E-state index contributed by atoms with van der Waals surface area (Å²) in [6, 6.07) is 9.61. The third kappa shape index (κ3) is 2.23. The van der Waals surface area contributed by atoms with Gasteiger partial charge in [-0.3, -0.25) is 0 Å². The first-order valence-corrected chi connectivity index (χ1v) is 9.88. The van der Waals surface area contributed by atoms with Crippen LogP contribution in [0.3, 0.4) is 0 Å². The monoisotopic (exact) mass is 340 g/mol. The van der Waals surface area contributed by atoms with Gasteiger partial charge >= 0.3 is 0 Å². The Morgan fingerprint density at radius 3 is 2.00 bits per heavy atom. The fraction of sp³-hybridized carbons (Fsp3) is 0.294. The van der Waals surface area contributed by atoms with Crippen LogP contribution in [0, 0.1) is 23.3 Å². The van der Waals surface area contributed by atoms with E-state index >= 15 is 0 Å². The van der Waals surface area contributed by atoms with Gasteiger partial charge in [0.2, 0.25) is 8.32 Å². The van der Waals surface area contributed by atoms with E-state index in [1.165, 1.54) is 0 Å². The highest BCUT2D eigenvalue weighted by Gasteiger charge is 2.51. The quantitative estimate of drug-likeness (QED) is 0.345. The van der Waals surface area contributed by atoms with Crippen LogP contribution in [0.4, 0.5) is 17.6 Å². The van der Waals surface area contributed by atoms with E-state index in [1.54, 1.807) is 30.3 Å². The van der Waals surface area contributed by atoms with Gasteiger partial charge in [0.05, 0.1) is 6.10 Å². The fourth-order valence-electron chi connectivity index (χ4n) is 3.32. The van der Waals surface area contributed by atoms with Crippen LogP contribution in [-0.4, -0.2) is 8.32 Å². The van der Waals surface area contributed by atoms with Crippen molar-refractivity contribution in [3.63, 3.8) is 0 Å². The number of hydrogen-bond donors (Lipinski definition) is 0. The Morgan fingerprint density at radius 1 is 0.870 bits per heavy atom. The molecule has 0 saturated carbocycles. The second-order valence-corrected chi connectivity index (χ2v) is 9.79. The summed E-state index contributed by atoms with van der Waals surface area (Å²) in [6.45, 7) is 3.62. The van der Waals surface area contributed by atoms with Crippen molar-refractivity contribution in [3.8, 4) is 0 Å². The van der Waals surface area contributed by atoms with Crippen molar-refractivity contribution in [1.29, 1.82) is 0 Å². The molecular formula is C17H16F4OSi. The van der Waals surface area contributed by atoms with E-state index < -0.39 is 37.7 Å². The lowest BCUT2D eigenvalue weighted by molar-refractivity contribution is 0.246. The highest BCUT2D eigenvalue weighted by molar-refractivity contribution is 6.87. The number of benzene rings is 2. The molecule has 23 heavy (non-hydrogen) atoms. The van der Waals surface area contributed by atoms with Crippen LogP contribution in [-0.2, 0) is 4.43 Å². The second-order valence-electron chi connectivity index (χ2n) is 5.65. The molecule has 6 heteroatoms. The van der Waals surface area contributed by atoms with Gasteiger partial charge in [0.25, 0.3) is 0 Å². The van der Waals surface area contributed by atoms with Gasteiger partial charge in [-0.05, 0) is 17.7 Å². The second kappa shape index (κ2) is 5.76. The van der Waals surface area contributed by atoms with Crippen LogP contribution in [0.2, 0.25) is 12.1 Å². The molecule has 0 aromatic heterocycles. The maximum atomic E-state index is 14.5. The Hall–Kier alpha value is -1.66. The van der Waals surface area contributed by atoms with E-state index in [0.717, 1.165) is 0 Å². The van der Waals surface area contributed by atoms with Gasteiger partial charge in [0, 0.05) is 10.8 Å². The van der Waals surface area contributed by atoms with Crippen molar-refractivity contribution in [2.75, 3.05) is 0 Å². The normalized spacial score (nSPS) is 19.0. The van der Waals surface area contributed by atoms with Gasteiger partial charge in [-0.25, -0.2) is 17.6 Å². The SMILES string of the molecule is CC[Si]1(CC)O[C@@H](c2ccccc2)c2c(F)c(F)c(F)c(F)c21. The van der Waals surface area contributed by atoms with E-state index in [0.29, 0.717) is 17.7 Å². The summed E-state index contributed by atoms with van der Waals surface area (Å²) in [7, 11) is -2.90. The van der Waals surface area contributed by atoms with Gasteiger partial charge in [0.1, 0.15) is 0 Å². The highest BCUT2D eigenvalue weighted by atomic mass is 28.4. The predicted molar refractivity (Wildman–Crippen MR) is 82.0 cm³/mol. The fourth-order valence-corrected chi connectivity index (χ4v) is 6.92. The summed E-state index contributed by atoms with van der Waals surface area (Å²) in [5.74, 6) is -6.17. The Balaban J connectivity index is 2.33. The maximum absolute atomic E-state index is 14.5. The molecule has 0 radical (unpaired) electrons. The molecule has 2 aromatic rings. The van der Waals surface area contributed by atoms with E-state index in [9.17, 15) is 17.6 Å². The first kappa shape index (κ1) is 16.2. The highest BCUT2D eigenvalue weighted by Crippen LogP contribution is 2.41. The summed E-state index contributed by atoms with van der Waals surface area (Å²) in [5.41, 5.74) is 0.428. The molecular weight excluding hydrogens is 324 g/mol. The largest absolute Gasteiger partial charge is 0.401 e. The van der Waals surface area contributed by atoms with Crippen molar-refractivity contribution in [1.82, 2.24) is 0 Å². The molecule has 1 atom stereocenters. The minimum Gasteiger partial charge on any atom is -0.401 e. The van der Waals surface area contributed by atoms with Crippen molar-refractivity contribution in [2.45, 2.75) is 32.0 Å². The van der Waals surface area contributed by atoms with Gasteiger partial charge in [-0.2, -0.15) is 0 Å². The molecule has 0 aliphatic carbocycles. The maximum Gasteiger partial charge on any atom is 0.228 e. The Labute approximate surface area is 133 Å². The van der Waals surface area contributed by atoms with Gasteiger partial charge < -0.3 is 4.43 Å². The van der Waals surface area contributed by atoms with Crippen molar-refractivity contribution >= 4 is 13.5 Å². The molecule has 0 N–H and O–H groups in total. The van der Waals surface area contributed by atoms with Crippen LogP contribution >= 0.6 is 0 Å². The number of halogens is 4. The zero-order valence-electron chi connectivity index (χ0n) is 12.8. The molecule has 0 spiro atoms. The molecule has 1 nitrogen and oxygen atoms in total. The molecule has 3 rings (SSSR count). The van der Waals surface area contributed by atoms with Crippen LogP contribution in [0.1, 0.15) is 31.1 Å². The lowest BCUT2D eigenvalue weighted by atomic mass is 10.0. The summed E-state index contributed by atoms with van der Waals surface area (Å²) in [5, 5.41) is -0.0623. The third-order valence-corrected chi connectivity index (χ3v) is 8.98. The first-order chi connectivity index (χ1) is 11.0.